The van der Waals surface area contributed by atoms with Crippen molar-refractivity contribution in [2.45, 2.75) is 46.2 Å². The minimum atomic E-state index is -0.830. The third kappa shape index (κ3) is 5.61. The van der Waals surface area contributed by atoms with Gasteiger partial charge in [0.25, 0.3) is 0 Å². The van der Waals surface area contributed by atoms with Crippen LogP contribution in [-0.2, 0) is 11.3 Å². The lowest BCUT2D eigenvalue weighted by Crippen LogP contribution is -2.44. The molecule has 112 valence electrons. The molecule has 0 bridgehead atoms. The van der Waals surface area contributed by atoms with Crippen molar-refractivity contribution in [1.29, 1.82) is 0 Å². The van der Waals surface area contributed by atoms with Crippen LogP contribution in [-0.4, -0.2) is 34.6 Å². The fraction of sp³-hybridized carbons (Fsp3) is 0.571. The molecule has 0 spiro atoms. The summed E-state index contributed by atoms with van der Waals surface area (Å²) in [7, 11) is 0. The third-order valence-electron chi connectivity index (χ3n) is 2.88. The summed E-state index contributed by atoms with van der Waals surface area (Å²) in [5.74, 6) is -0.830. The second-order valence-electron chi connectivity index (χ2n) is 4.96. The first-order valence-corrected chi connectivity index (χ1v) is 7.53. The van der Waals surface area contributed by atoms with E-state index in [1.807, 2.05) is 32.9 Å². The molecular weight excluding hydrogens is 276 g/mol. The van der Waals surface area contributed by atoms with Crippen LogP contribution in [0.4, 0.5) is 4.79 Å². The maximum atomic E-state index is 12.1. The highest BCUT2D eigenvalue weighted by molar-refractivity contribution is 7.11. The zero-order chi connectivity index (χ0) is 15.1. The monoisotopic (exact) mass is 298 g/mol. The van der Waals surface area contributed by atoms with Crippen molar-refractivity contribution in [3.05, 3.63) is 21.9 Å². The van der Waals surface area contributed by atoms with Gasteiger partial charge in [0, 0.05) is 28.8 Å². The number of aliphatic carboxylic acids is 1. The molecule has 20 heavy (non-hydrogen) atoms. The summed E-state index contributed by atoms with van der Waals surface area (Å²) in [6.45, 7) is 6.85. The molecule has 0 unspecified atom stereocenters. The molecule has 0 saturated carbocycles. The molecular formula is C14H22N2O3S. The Kier molecular flexibility index (Phi) is 6.51. The van der Waals surface area contributed by atoms with Crippen molar-refractivity contribution in [3.8, 4) is 0 Å². The number of carboxylic acids is 1. The van der Waals surface area contributed by atoms with Gasteiger partial charge in [-0.15, -0.1) is 11.3 Å². The smallest absolute Gasteiger partial charge is 0.317 e. The van der Waals surface area contributed by atoms with E-state index in [4.69, 9.17) is 5.11 Å². The Morgan fingerprint density at radius 2 is 2.10 bits per heavy atom. The topological polar surface area (TPSA) is 69.6 Å². The molecule has 1 aromatic heterocycles. The van der Waals surface area contributed by atoms with E-state index in [9.17, 15) is 9.59 Å². The molecule has 0 radical (unpaired) electrons. The second kappa shape index (κ2) is 7.89. The number of carboxylic acid groups (broad SMARTS) is 1. The van der Waals surface area contributed by atoms with Gasteiger partial charge in [0.1, 0.15) is 0 Å². The first kappa shape index (κ1) is 16.5. The maximum Gasteiger partial charge on any atom is 0.317 e. The van der Waals surface area contributed by atoms with Crippen LogP contribution in [0.25, 0.3) is 0 Å². The zero-order valence-electron chi connectivity index (χ0n) is 12.2. The summed E-state index contributed by atoms with van der Waals surface area (Å²) in [6.07, 6.45) is 0.555. The molecule has 0 saturated heterocycles. The van der Waals surface area contributed by atoms with E-state index in [0.717, 1.165) is 4.88 Å². The number of hydrogen-bond donors (Lipinski definition) is 2. The fourth-order valence-electron chi connectivity index (χ4n) is 1.84. The third-order valence-corrected chi connectivity index (χ3v) is 3.88. The summed E-state index contributed by atoms with van der Waals surface area (Å²) >= 11 is 1.66. The first-order chi connectivity index (χ1) is 9.40. The van der Waals surface area contributed by atoms with Gasteiger partial charge in [-0.1, -0.05) is 0 Å². The highest BCUT2D eigenvalue weighted by atomic mass is 32.1. The van der Waals surface area contributed by atoms with Crippen molar-refractivity contribution < 1.29 is 14.7 Å². The van der Waals surface area contributed by atoms with Crippen molar-refractivity contribution in [3.63, 3.8) is 0 Å². The normalized spacial score (nSPS) is 10.6. The van der Waals surface area contributed by atoms with Crippen molar-refractivity contribution in [2.75, 3.05) is 6.54 Å². The van der Waals surface area contributed by atoms with Crippen LogP contribution in [0.3, 0.4) is 0 Å². The summed E-state index contributed by atoms with van der Waals surface area (Å²) in [5.41, 5.74) is 0. The molecule has 6 heteroatoms. The summed E-state index contributed by atoms with van der Waals surface area (Å²) < 4.78 is 0. The predicted octanol–water partition coefficient (Wildman–Crippen LogP) is 2.84. The van der Waals surface area contributed by atoms with Crippen LogP contribution in [0, 0.1) is 6.92 Å². The minimum absolute atomic E-state index is 0.0499. The number of carbonyl (C=O) groups is 2. The number of thiophene rings is 1. The molecule has 0 aliphatic carbocycles. The predicted molar refractivity (Wildman–Crippen MR) is 80.0 cm³/mol. The SMILES string of the molecule is Cc1ccc(CNC(=O)N(CCCC(=O)O)C(C)C)s1. The average Bonchev–Trinajstić information content (AvgIpc) is 2.77. The van der Waals surface area contributed by atoms with Gasteiger partial charge >= 0.3 is 12.0 Å². The molecule has 0 atom stereocenters. The van der Waals surface area contributed by atoms with E-state index >= 15 is 0 Å². The highest BCUT2D eigenvalue weighted by Crippen LogP contribution is 2.14. The van der Waals surface area contributed by atoms with Crippen molar-refractivity contribution >= 4 is 23.3 Å². The van der Waals surface area contributed by atoms with Gasteiger partial charge in [0.2, 0.25) is 0 Å². The maximum absolute atomic E-state index is 12.1. The molecule has 1 rings (SSSR count). The Hall–Kier alpha value is -1.56. The van der Waals surface area contributed by atoms with Gasteiger partial charge in [-0.25, -0.2) is 4.79 Å². The van der Waals surface area contributed by atoms with Gasteiger partial charge < -0.3 is 15.3 Å². The Morgan fingerprint density at radius 3 is 2.60 bits per heavy atom. The number of aryl methyl sites for hydroxylation is 1. The molecule has 0 aliphatic rings. The number of nitrogens with one attached hydrogen (secondary N) is 1. The lowest BCUT2D eigenvalue weighted by molar-refractivity contribution is -0.137. The van der Waals surface area contributed by atoms with E-state index in [2.05, 4.69) is 5.32 Å². The fourth-order valence-corrected chi connectivity index (χ4v) is 2.67. The van der Waals surface area contributed by atoms with E-state index in [1.165, 1.54) is 4.88 Å². The average molecular weight is 298 g/mol. The number of rotatable bonds is 7. The van der Waals surface area contributed by atoms with Crippen LogP contribution in [0.1, 0.15) is 36.4 Å². The largest absolute Gasteiger partial charge is 0.481 e. The van der Waals surface area contributed by atoms with Gasteiger partial charge in [-0.2, -0.15) is 0 Å². The second-order valence-corrected chi connectivity index (χ2v) is 6.33. The minimum Gasteiger partial charge on any atom is -0.481 e. The lowest BCUT2D eigenvalue weighted by atomic mass is 10.2. The Labute approximate surface area is 123 Å². The van der Waals surface area contributed by atoms with E-state index in [1.54, 1.807) is 16.2 Å². The zero-order valence-corrected chi connectivity index (χ0v) is 13.0. The lowest BCUT2D eigenvalue weighted by Gasteiger charge is -2.26. The van der Waals surface area contributed by atoms with Gasteiger partial charge in [-0.3, -0.25) is 4.79 Å². The number of carbonyl (C=O) groups excluding carboxylic acids is 1. The highest BCUT2D eigenvalue weighted by Gasteiger charge is 2.16. The first-order valence-electron chi connectivity index (χ1n) is 6.71. The van der Waals surface area contributed by atoms with Crippen LogP contribution >= 0.6 is 11.3 Å². The molecule has 2 N–H and O–H groups in total. The Balaban J connectivity index is 2.45. The Bertz CT molecular complexity index is 457. The van der Waals surface area contributed by atoms with E-state index in [0.29, 0.717) is 19.5 Å². The number of hydrogen-bond acceptors (Lipinski definition) is 3. The number of urea groups is 1. The van der Waals surface area contributed by atoms with E-state index in [-0.39, 0.29) is 18.5 Å². The number of amides is 2. The number of nitrogens with zero attached hydrogens (tertiary/aromatic N) is 1. The Morgan fingerprint density at radius 1 is 1.40 bits per heavy atom. The molecule has 5 nitrogen and oxygen atoms in total. The van der Waals surface area contributed by atoms with Crippen molar-refractivity contribution in [1.82, 2.24) is 10.2 Å². The molecule has 1 aromatic rings. The summed E-state index contributed by atoms with van der Waals surface area (Å²) in [5, 5.41) is 11.5. The summed E-state index contributed by atoms with van der Waals surface area (Å²) in [6, 6.07) is 3.94. The van der Waals surface area contributed by atoms with E-state index < -0.39 is 5.97 Å². The standard InChI is InChI=1S/C14H22N2O3S/c1-10(2)16(8-4-5-13(17)18)14(19)15-9-12-7-6-11(3)20-12/h6-7,10H,4-5,8-9H2,1-3H3,(H,15,19)(H,17,18). The van der Waals surface area contributed by atoms with Crippen molar-refractivity contribution in [2.24, 2.45) is 0 Å². The summed E-state index contributed by atoms with van der Waals surface area (Å²) in [4.78, 5) is 26.6. The molecule has 2 amide bonds. The van der Waals surface area contributed by atoms with Crippen LogP contribution in [0.15, 0.2) is 12.1 Å². The molecule has 0 aliphatic heterocycles. The van der Waals surface area contributed by atoms with Crippen LogP contribution < -0.4 is 5.32 Å². The molecule has 1 heterocycles. The quantitative estimate of drug-likeness (QED) is 0.813. The van der Waals surface area contributed by atoms with Crippen LogP contribution in [0.2, 0.25) is 0 Å². The molecule has 0 fully saturated rings. The van der Waals surface area contributed by atoms with Gasteiger partial charge in [0.15, 0.2) is 0 Å². The van der Waals surface area contributed by atoms with Gasteiger partial charge in [-0.05, 0) is 39.3 Å². The van der Waals surface area contributed by atoms with Gasteiger partial charge in [0.05, 0.1) is 6.54 Å². The molecule has 0 aromatic carbocycles. The van der Waals surface area contributed by atoms with Crippen LogP contribution in [0.5, 0.6) is 0 Å².